The molecule has 1 unspecified atom stereocenters. The Hall–Kier alpha value is -0.780. The summed E-state index contributed by atoms with van der Waals surface area (Å²) in [7, 11) is -1.49. The van der Waals surface area contributed by atoms with Gasteiger partial charge in [-0.1, -0.05) is 0 Å². The van der Waals surface area contributed by atoms with Crippen LogP contribution in [0, 0.1) is 5.92 Å². The Kier molecular flexibility index (Phi) is 3.74. The summed E-state index contributed by atoms with van der Waals surface area (Å²) in [5.74, 6) is 0.739. The molecule has 0 aromatic heterocycles. The van der Waals surface area contributed by atoms with E-state index in [4.69, 9.17) is 0 Å². The van der Waals surface area contributed by atoms with Gasteiger partial charge in [-0.25, -0.2) is 13.2 Å². The van der Waals surface area contributed by atoms with Crippen LogP contribution in [0.2, 0.25) is 0 Å². The number of carbonyl (C=O) groups excluding carboxylic acids is 1. The Morgan fingerprint density at radius 1 is 1.57 bits per heavy atom. The minimum absolute atomic E-state index is 0.192. The number of nitrogens with one attached hydrogen (secondary N) is 1. The summed E-state index contributed by atoms with van der Waals surface area (Å²) in [6.45, 7) is 0.479. The van der Waals surface area contributed by atoms with E-state index in [-0.39, 0.29) is 17.4 Å². The first kappa shape index (κ1) is 11.3. The van der Waals surface area contributed by atoms with Crippen molar-refractivity contribution in [2.75, 3.05) is 25.2 Å². The minimum atomic E-state index is -2.80. The van der Waals surface area contributed by atoms with Gasteiger partial charge in [0, 0.05) is 6.54 Å². The second-order valence-electron chi connectivity index (χ2n) is 3.48. The van der Waals surface area contributed by atoms with E-state index in [1.54, 1.807) is 0 Å². The van der Waals surface area contributed by atoms with Crippen LogP contribution in [0.1, 0.15) is 12.8 Å². The Morgan fingerprint density at radius 3 is 2.79 bits per heavy atom. The lowest BCUT2D eigenvalue weighted by Crippen LogP contribution is -2.25. The standard InChI is InChI=1S/C8H15NO4S/c1-13-8(10)9-4-2-7-3-5-14(11,12)6-7/h7H,2-6H2,1H3,(H,9,10). The molecule has 82 valence electrons. The van der Waals surface area contributed by atoms with Gasteiger partial charge in [0.25, 0.3) is 0 Å². The zero-order chi connectivity index (χ0) is 10.6. The number of hydrogen-bond acceptors (Lipinski definition) is 4. The fourth-order valence-electron chi connectivity index (χ4n) is 1.55. The lowest BCUT2D eigenvalue weighted by Gasteiger charge is -2.07. The van der Waals surface area contributed by atoms with Crippen molar-refractivity contribution >= 4 is 15.9 Å². The highest BCUT2D eigenvalue weighted by Crippen LogP contribution is 2.20. The molecule has 6 heteroatoms. The van der Waals surface area contributed by atoms with E-state index in [1.165, 1.54) is 7.11 Å². The number of alkyl carbamates (subject to hydrolysis) is 1. The second kappa shape index (κ2) is 4.63. The number of ether oxygens (including phenoxy) is 1. The normalized spacial score (nSPS) is 24.5. The molecule has 1 amide bonds. The molecule has 0 bridgehead atoms. The minimum Gasteiger partial charge on any atom is -0.453 e. The summed E-state index contributed by atoms with van der Waals surface area (Å²) in [5.41, 5.74) is 0. The molecule has 1 aliphatic heterocycles. The SMILES string of the molecule is COC(=O)NCCC1CCS(=O)(=O)C1. The fourth-order valence-corrected chi connectivity index (χ4v) is 3.46. The summed E-state index contributed by atoms with van der Waals surface area (Å²) < 4.78 is 26.6. The predicted molar refractivity (Wildman–Crippen MR) is 51.8 cm³/mol. The van der Waals surface area contributed by atoms with E-state index in [0.29, 0.717) is 19.4 Å². The fraction of sp³-hybridized carbons (Fsp3) is 0.875. The van der Waals surface area contributed by atoms with E-state index in [9.17, 15) is 13.2 Å². The van der Waals surface area contributed by atoms with Gasteiger partial charge in [-0.3, -0.25) is 0 Å². The Balaban J connectivity index is 2.18. The van der Waals surface area contributed by atoms with Crippen LogP contribution < -0.4 is 5.32 Å². The van der Waals surface area contributed by atoms with Crippen LogP contribution in [0.3, 0.4) is 0 Å². The van der Waals surface area contributed by atoms with Crippen molar-refractivity contribution in [3.63, 3.8) is 0 Å². The average Bonchev–Trinajstić information content (AvgIpc) is 2.45. The molecule has 0 radical (unpaired) electrons. The number of rotatable bonds is 3. The van der Waals surface area contributed by atoms with E-state index in [0.717, 1.165) is 0 Å². The molecule has 14 heavy (non-hydrogen) atoms. The molecule has 1 atom stereocenters. The van der Waals surface area contributed by atoms with Gasteiger partial charge >= 0.3 is 6.09 Å². The first-order chi connectivity index (χ1) is 6.53. The Morgan fingerprint density at radius 2 is 2.29 bits per heavy atom. The van der Waals surface area contributed by atoms with E-state index < -0.39 is 15.9 Å². The first-order valence-corrected chi connectivity index (χ1v) is 6.38. The number of hydrogen-bond donors (Lipinski definition) is 1. The number of methoxy groups -OCH3 is 1. The monoisotopic (exact) mass is 221 g/mol. The molecule has 1 heterocycles. The van der Waals surface area contributed by atoms with Gasteiger partial charge in [0.05, 0.1) is 18.6 Å². The van der Waals surface area contributed by atoms with Gasteiger partial charge in [-0.2, -0.15) is 0 Å². The van der Waals surface area contributed by atoms with Crippen LogP contribution in [0.25, 0.3) is 0 Å². The number of sulfone groups is 1. The van der Waals surface area contributed by atoms with Crippen LogP contribution >= 0.6 is 0 Å². The smallest absolute Gasteiger partial charge is 0.406 e. The Bertz CT molecular complexity index is 298. The Labute approximate surface area is 83.7 Å². The number of amides is 1. The van der Waals surface area contributed by atoms with Crippen molar-refractivity contribution in [2.24, 2.45) is 5.92 Å². The molecule has 0 aromatic rings. The summed E-state index contributed by atoms with van der Waals surface area (Å²) >= 11 is 0. The molecular formula is C8H15NO4S. The maximum Gasteiger partial charge on any atom is 0.406 e. The van der Waals surface area contributed by atoms with Crippen molar-refractivity contribution in [1.82, 2.24) is 5.32 Å². The lowest BCUT2D eigenvalue weighted by atomic mass is 10.1. The van der Waals surface area contributed by atoms with Crippen LogP contribution in [0.15, 0.2) is 0 Å². The van der Waals surface area contributed by atoms with Gasteiger partial charge in [0.2, 0.25) is 0 Å². The van der Waals surface area contributed by atoms with Gasteiger partial charge in [0.1, 0.15) is 0 Å². The van der Waals surface area contributed by atoms with Crippen LogP contribution in [0.4, 0.5) is 4.79 Å². The van der Waals surface area contributed by atoms with Crippen molar-refractivity contribution in [3.05, 3.63) is 0 Å². The van der Waals surface area contributed by atoms with Gasteiger partial charge < -0.3 is 10.1 Å². The molecule has 1 N–H and O–H groups in total. The third-order valence-corrected chi connectivity index (χ3v) is 4.17. The van der Waals surface area contributed by atoms with Gasteiger partial charge in [-0.05, 0) is 18.8 Å². The first-order valence-electron chi connectivity index (χ1n) is 4.56. The predicted octanol–water partition coefficient (Wildman–Crippen LogP) is 0.167. The molecule has 1 saturated heterocycles. The third kappa shape index (κ3) is 3.53. The summed E-state index contributed by atoms with van der Waals surface area (Å²) in [6, 6.07) is 0. The second-order valence-corrected chi connectivity index (χ2v) is 5.70. The highest BCUT2D eigenvalue weighted by atomic mass is 32.2. The van der Waals surface area contributed by atoms with Crippen LogP contribution in [0.5, 0.6) is 0 Å². The molecule has 1 fully saturated rings. The maximum atomic E-state index is 11.1. The summed E-state index contributed by atoms with van der Waals surface area (Å²) in [4.78, 5) is 10.7. The summed E-state index contributed by atoms with van der Waals surface area (Å²) in [5, 5.41) is 2.53. The van der Waals surface area contributed by atoms with Crippen LogP contribution in [-0.2, 0) is 14.6 Å². The van der Waals surface area contributed by atoms with Crippen molar-refractivity contribution in [3.8, 4) is 0 Å². The van der Waals surface area contributed by atoms with E-state index >= 15 is 0 Å². The molecule has 5 nitrogen and oxygen atoms in total. The molecule has 0 aliphatic carbocycles. The molecular weight excluding hydrogens is 206 g/mol. The molecule has 0 aromatic carbocycles. The zero-order valence-electron chi connectivity index (χ0n) is 8.15. The topological polar surface area (TPSA) is 72.5 Å². The number of carbonyl (C=O) groups is 1. The summed E-state index contributed by atoms with van der Waals surface area (Å²) in [6.07, 6.45) is 0.949. The molecule has 1 rings (SSSR count). The van der Waals surface area contributed by atoms with Gasteiger partial charge in [0.15, 0.2) is 9.84 Å². The van der Waals surface area contributed by atoms with Crippen molar-refractivity contribution in [2.45, 2.75) is 12.8 Å². The van der Waals surface area contributed by atoms with Crippen molar-refractivity contribution in [1.29, 1.82) is 0 Å². The van der Waals surface area contributed by atoms with Crippen LogP contribution in [-0.4, -0.2) is 39.7 Å². The molecule has 0 spiro atoms. The highest BCUT2D eigenvalue weighted by Gasteiger charge is 2.27. The highest BCUT2D eigenvalue weighted by molar-refractivity contribution is 7.91. The van der Waals surface area contributed by atoms with E-state index in [2.05, 4.69) is 10.1 Å². The maximum absolute atomic E-state index is 11.1. The molecule has 0 saturated carbocycles. The molecule has 1 aliphatic rings. The lowest BCUT2D eigenvalue weighted by molar-refractivity contribution is 0.170. The van der Waals surface area contributed by atoms with Gasteiger partial charge in [-0.15, -0.1) is 0 Å². The largest absolute Gasteiger partial charge is 0.453 e. The zero-order valence-corrected chi connectivity index (χ0v) is 8.97. The van der Waals surface area contributed by atoms with E-state index in [1.807, 2.05) is 0 Å². The van der Waals surface area contributed by atoms with Crippen molar-refractivity contribution < 1.29 is 17.9 Å². The average molecular weight is 221 g/mol. The third-order valence-electron chi connectivity index (χ3n) is 2.33. The quantitative estimate of drug-likeness (QED) is 0.737.